The van der Waals surface area contributed by atoms with Gasteiger partial charge < -0.3 is 14.8 Å². The number of para-hydroxylation sites is 1. The Balaban J connectivity index is 2.69. The van der Waals surface area contributed by atoms with Gasteiger partial charge in [0.1, 0.15) is 0 Å². The summed E-state index contributed by atoms with van der Waals surface area (Å²) >= 11 is 0. The lowest BCUT2D eigenvalue weighted by Gasteiger charge is -2.09. The van der Waals surface area contributed by atoms with E-state index in [1.54, 1.807) is 18.2 Å². The fourth-order valence-electron chi connectivity index (χ4n) is 1.54. The maximum atomic E-state index is 11.4. The number of hydrogen-bond donors (Lipinski definition) is 2. The van der Waals surface area contributed by atoms with Crippen molar-refractivity contribution in [3.05, 3.63) is 23.8 Å². The van der Waals surface area contributed by atoms with Gasteiger partial charge in [-0.3, -0.25) is 9.59 Å². The lowest BCUT2D eigenvalue weighted by Crippen LogP contribution is -2.38. The van der Waals surface area contributed by atoms with Crippen LogP contribution in [0.3, 0.4) is 0 Å². The summed E-state index contributed by atoms with van der Waals surface area (Å²) in [6.07, 6.45) is 2.13. The average Bonchev–Trinajstić information content (AvgIpc) is 2.51. The Morgan fingerprint density at radius 3 is 2.62 bits per heavy atom. The number of rotatable bonds is 6. The molecule has 2 N–H and O–H groups in total. The van der Waals surface area contributed by atoms with E-state index in [9.17, 15) is 9.59 Å². The van der Waals surface area contributed by atoms with Crippen molar-refractivity contribution >= 4 is 18.0 Å². The van der Waals surface area contributed by atoms with Crippen molar-refractivity contribution in [3.63, 3.8) is 0 Å². The van der Waals surface area contributed by atoms with Gasteiger partial charge in [-0.25, -0.2) is 5.43 Å². The molecule has 0 aromatic heterocycles. The van der Waals surface area contributed by atoms with Crippen LogP contribution in [0.4, 0.5) is 0 Å². The summed E-state index contributed by atoms with van der Waals surface area (Å²) in [7, 11) is 3.03. The number of ether oxygens (including phenoxy) is 2. The fraction of sp³-hybridized carbons (Fsp3) is 0.357. The molecule has 0 atom stereocenters. The van der Waals surface area contributed by atoms with E-state index in [-0.39, 0.29) is 0 Å². The third-order valence-electron chi connectivity index (χ3n) is 2.54. The van der Waals surface area contributed by atoms with Crippen LogP contribution in [0, 0.1) is 0 Å². The minimum Gasteiger partial charge on any atom is -0.493 e. The number of amides is 2. The summed E-state index contributed by atoms with van der Waals surface area (Å²) in [6, 6.07) is 5.25. The Labute approximate surface area is 123 Å². The van der Waals surface area contributed by atoms with Crippen molar-refractivity contribution < 1.29 is 19.1 Å². The van der Waals surface area contributed by atoms with Crippen LogP contribution in [-0.2, 0) is 9.59 Å². The topological polar surface area (TPSA) is 89.0 Å². The molecule has 0 fully saturated rings. The molecular weight excluding hydrogens is 274 g/mol. The second-order valence-electron chi connectivity index (χ2n) is 4.04. The number of hydrogen-bond acceptors (Lipinski definition) is 5. The zero-order valence-electron chi connectivity index (χ0n) is 12.3. The first-order chi connectivity index (χ1) is 10.1. The van der Waals surface area contributed by atoms with Gasteiger partial charge in [0, 0.05) is 12.1 Å². The molecule has 114 valence electrons. The quantitative estimate of drug-likeness (QED) is 0.458. The molecule has 0 aliphatic carbocycles. The van der Waals surface area contributed by atoms with E-state index in [1.165, 1.54) is 20.4 Å². The molecule has 1 aromatic carbocycles. The highest BCUT2D eigenvalue weighted by Crippen LogP contribution is 2.29. The van der Waals surface area contributed by atoms with Crippen LogP contribution in [0.25, 0.3) is 0 Å². The van der Waals surface area contributed by atoms with E-state index in [0.717, 1.165) is 6.42 Å². The molecule has 2 amide bonds. The monoisotopic (exact) mass is 293 g/mol. The molecule has 0 unspecified atom stereocenters. The highest BCUT2D eigenvalue weighted by atomic mass is 16.5. The van der Waals surface area contributed by atoms with Crippen LogP contribution < -0.4 is 20.2 Å². The number of hydrazone groups is 1. The Hall–Kier alpha value is -2.57. The summed E-state index contributed by atoms with van der Waals surface area (Å²) in [5, 5.41) is 6.19. The van der Waals surface area contributed by atoms with Crippen molar-refractivity contribution in [1.29, 1.82) is 0 Å². The number of benzene rings is 1. The highest BCUT2D eigenvalue weighted by molar-refractivity contribution is 6.35. The van der Waals surface area contributed by atoms with Gasteiger partial charge in [0.2, 0.25) is 0 Å². The number of nitrogens with zero attached hydrogens (tertiary/aromatic N) is 1. The first-order valence-electron chi connectivity index (χ1n) is 6.46. The fourth-order valence-corrected chi connectivity index (χ4v) is 1.54. The second kappa shape index (κ2) is 8.57. The molecule has 0 saturated heterocycles. The van der Waals surface area contributed by atoms with Crippen LogP contribution in [0.2, 0.25) is 0 Å². The predicted molar refractivity (Wildman–Crippen MR) is 78.6 cm³/mol. The molecule has 0 heterocycles. The van der Waals surface area contributed by atoms with E-state index < -0.39 is 11.8 Å². The van der Waals surface area contributed by atoms with Gasteiger partial charge in [-0.15, -0.1) is 0 Å². The molecule has 0 aliphatic heterocycles. The van der Waals surface area contributed by atoms with Gasteiger partial charge in [-0.1, -0.05) is 13.0 Å². The maximum absolute atomic E-state index is 11.4. The normalized spacial score (nSPS) is 10.2. The van der Waals surface area contributed by atoms with E-state index in [4.69, 9.17) is 9.47 Å². The molecule has 7 nitrogen and oxygen atoms in total. The molecule has 0 radical (unpaired) electrons. The molecule has 0 bridgehead atoms. The van der Waals surface area contributed by atoms with Gasteiger partial charge in [0.05, 0.1) is 20.4 Å². The zero-order chi connectivity index (χ0) is 15.7. The number of carbonyl (C=O) groups is 2. The maximum Gasteiger partial charge on any atom is 0.329 e. The van der Waals surface area contributed by atoms with Gasteiger partial charge >= 0.3 is 11.8 Å². The SMILES string of the molecule is CCCNC(=O)C(=O)N/N=C\c1cccc(OC)c1OC. The van der Waals surface area contributed by atoms with Crippen LogP contribution >= 0.6 is 0 Å². The van der Waals surface area contributed by atoms with Crippen molar-refractivity contribution in [1.82, 2.24) is 10.7 Å². The third-order valence-corrected chi connectivity index (χ3v) is 2.54. The van der Waals surface area contributed by atoms with Gasteiger partial charge in [0.25, 0.3) is 0 Å². The minimum absolute atomic E-state index is 0.444. The molecule has 0 spiro atoms. The smallest absolute Gasteiger partial charge is 0.329 e. The van der Waals surface area contributed by atoms with Crippen molar-refractivity contribution in [2.75, 3.05) is 20.8 Å². The third kappa shape index (κ3) is 4.79. The van der Waals surface area contributed by atoms with Crippen molar-refractivity contribution in [2.45, 2.75) is 13.3 Å². The summed E-state index contributed by atoms with van der Waals surface area (Å²) in [4.78, 5) is 22.7. The van der Waals surface area contributed by atoms with Crippen molar-refractivity contribution in [2.24, 2.45) is 5.10 Å². The van der Waals surface area contributed by atoms with Crippen LogP contribution in [0.1, 0.15) is 18.9 Å². The molecule has 7 heteroatoms. The Morgan fingerprint density at radius 1 is 1.24 bits per heavy atom. The lowest BCUT2D eigenvalue weighted by atomic mass is 10.2. The highest BCUT2D eigenvalue weighted by Gasteiger charge is 2.11. The predicted octanol–water partition coefficient (Wildman–Crippen LogP) is 0.680. The molecule has 1 aromatic rings. The summed E-state index contributed by atoms with van der Waals surface area (Å²) in [5.41, 5.74) is 2.77. The van der Waals surface area contributed by atoms with Gasteiger partial charge in [-0.2, -0.15) is 5.10 Å². The molecule has 21 heavy (non-hydrogen) atoms. The second-order valence-corrected chi connectivity index (χ2v) is 4.04. The van der Waals surface area contributed by atoms with Gasteiger partial charge in [0.15, 0.2) is 11.5 Å². The summed E-state index contributed by atoms with van der Waals surface area (Å²) in [6.45, 7) is 2.34. The average molecular weight is 293 g/mol. The van der Waals surface area contributed by atoms with Crippen molar-refractivity contribution in [3.8, 4) is 11.5 Å². The van der Waals surface area contributed by atoms with Crippen LogP contribution in [0.5, 0.6) is 11.5 Å². The Bertz CT molecular complexity index is 529. The Morgan fingerprint density at radius 2 is 2.00 bits per heavy atom. The first-order valence-corrected chi connectivity index (χ1v) is 6.46. The van der Waals surface area contributed by atoms with Crippen LogP contribution in [0.15, 0.2) is 23.3 Å². The summed E-state index contributed by atoms with van der Waals surface area (Å²) in [5.74, 6) is -0.491. The van der Waals surface area contributed by atoms with E-state index in [0.29, 0.717) is 23.6 Å². The van der Waals surface area contributed by atoms with E-state index in [2.05, 4.69) is 15.8 Å². The first kappa shape index (κ1) is 16.5. The van der Waals surface area contributed by atoms with E-state index >= 15 is 0 Å². The largest absolute Gasteiger partial charge is 0.493 e. The molecular formula is C14H19N3O4. The number of methoxy groups -OCH3 is 2. The number of nitrogens with one attached hydrogen (secondary N) is 2. The standard InChI is InChI=1S/C14H19N3O4/c1-4-8-15-13(18)14(19)17-16-9-10-6-5-7-11(20-2)12(10)21-3/h5-7,9H,4,8H2,1-3H3,(H,15,18)(H,17,19)/b16-9-. The number of carbonyl (C=O) groups excluding carboxylic acids is 2. The van der Waals surface area contributed by atoms with Crippen LogP contribution in [-0.4, -0.2) is 38.8 Å². The zero-order valence-corrected chi connectivity index (χ0v) is 12.3. The molecule has 0 aliphatic rings. The Kier molecular flexibility index (Phi) is 6.73. The molecule has 1 rings (SSSR count). The molecule has 0 saturated carbocycles. The minimum atomic E-state index is -0.818. The van der Waals surface area contributed by atoms with E-state index in [1.807, 2.05) is 6.92 Å². The lowest BCUT2D eigenvalue weighted by molar-refractivity contribution is -0.139. The van der Waals surface area contributed by atoms with Gasteiger partial charge in [-0.05, 0) is 18.6 Å². The summed E-state index contributed by atoms with van der Waals surface area (Å²) < 4.78 is 10.4.